The Hall–Kier alpha value is -9.12. The van der Waals surface area contributed by atoms with Crippen LogP contribution < -0.4 is 9.80 Å². The molecule has 0 spiro atoms. The Labute approximate surface area is 487 Å². The summed E-state index contributed by atoms with van der Waals surface area (Å²) in [4.78, 5) is 4.89. The minimum Gasteiger partial charge on any atom is -0.505 e. The molecule has 1 heterocycles. The molecule has 4 heteroatoms. The topological polar surface area (TPSA) is 39.9 Å². The quantitative estimate of drug-likeness (QED) is 0.124. The second-order valence-corrected chi connectivity index (χ2v) is 23.9. The molecular weight excluding hydrogens is 1010 g/mol. The summed E-state index contributed by atoms with van der Waals surface area (Å²) >= 11 is 0. The lowest BCUT2D eigenvalue weighted by molar-refractivity contribution is 0.478. The molecule has 1 aromatic heterocycles. The number of anilines is 6. The molecule has 0 bridgehead atoms. The summed E-state index contributed by atoms with van der Waals surface area (Å²) in [5.74, 6) is 1.08. The summed E-state index contributed by atoms with van der Waals surface area (Å²) in [6.45, 7) is 8.78. The van der Waals surface area contributed by atoms with Gasteiger partial charge in [0.25, 0.3) is 0 Å². The third-order valence-corrected chi connectivity index (χ3v) is 18.8. The average molecular weight is 1080 g/mol. The predicted octanol–water partition coefficient (Wildman–Crippen LogP) is 22.9. The molecule has 13 aromatic rings. The van der Waals surface area contributed by atoms with Crippen molar-refractivity contribution in [2.45, 2.75) is 97.3 Å². The zero-order valence-electron chi connectivity index (χ0n) is 48.0. The first-order valence-corrected chi connectivity index (χ1v) is 30.3. The summed E-state index contributed by atoms with van der Waals surface area (Å²) in [7, 11) is 0. The van der Waals surface area contributed by atoms with E-state index in [1.165, 1.54) is 96.9 Å². The third kappa shape index (κ3) is 8.55. The minimum atomic E-state index is 0.255. The molecule has 0 unspecified atom stereocenters. The van der Waals surface area contributed by atoms with Gasteiger partial charge in [-0.05, 0) is 196 Å². The molecule has 0 atom stereocenters. The SMILES string of the molecule is CCc1ccccc1-c1cccc2c1oc1c(N(c3cccc(C)c3)c3cc(C4CCCC4)c4ccc5c(N(c6cccc(C)c6)c6cccc(-c7cccc(-c8ccccc8C)c7)c6O)cc(C6CCCC6)c6ccc3c4c65)cccc12. The zero-order valence-corrected chi connectivity index (χ0v) is 48.0. The lowest BCUT2D eigenvalue weighted by Crippen LogP contribution is -2.14. The lowest BCUT2D eigenvalue weighted by Gasteiger charge is -2.32. The monoisotopic (exact) mass is 1080 g/mol. The highest BCUT2D eigenvalue weighted by Gasteiger charge is 2.32. The van der Waals surface area contributed by atoms with Crippen LogP contribution in [0.3, 0.4) is 0 Å². The van der Waals surface area contributed by atoms with Gasteiger partial charge in [-0.2, -0.15) is 0 Å². The molecule has 1 N–H and O–H groups in total. The maximum Gasteiger partial charge on any atom is 0.159 e. The smallest absolute Gasteiger partial charge is 0.159 e. The number of phenols is 1. The summed E-state index contributed by atoms with van der Waals surface area (Å²) in [6.07, 6.45) is 10.5. The number of hydrogen-bond acceptors (Lipinski definition) is 4. The molecular formula is C79H68N2O2. The maximum absolute atomic E-state index is 13.1. The highest BCUT2D eigenvalue weighted by Crippen LogP contribution is 2.56. The Morgan fingerprint density at radius 3 is 1.49 bits per heavy atom. The van der Waals surface area contributed by atoms with E-state index in [2.05, 4.69) is 250 Å². The van der Waals surface area contributed by atoms with Crippen LogP contribution in [0.15, 0.2) is 217 Å². The standard InChI is InChI=1S/C79H68N2O2/c1-5-52-23-11-13-33-60(52)64-35-17-36-65-66-37-19-39-72(79(66)83-78(64)65)81(58-31-15-21-50(3)45-58)74-48-70(54-26-9-10-27-54)63-40-42-67-73(47-69(53-24-7-8-25-53)62-41-43-68(74)76(63)75(62)67)80(57-30-14-20-49(2)44-57)71-38-18-34-61(77(71)82)56-29-16-28-55(46-56)59-32-12-6-22-51(59)4/h6,11-23,28-48,53-54,82H,5,7-10,24-27H2,1-4H3. The summed E-state index contributed by atoms with van der Waals surface area (Å²) in [5.41, 5.74) is 22.0. The van der Waals surface area contributed by atoms with Gasteiger partial charge in [0.15, 0.2) is 5.58 Å². The maximum atomic E-state index is 13.1. The number of phenolic OH excluding ortho intramolecular Hbond substituents is 1. The van der Waals surface area contributed by atoms with Gasteiger partial charge in [0.1, 0.15) is 11.3 Å². The van der Waals surface area contributed by atoms with Crippen LogP contribution in [-0.2, 0) is 6.42 Å². The van der Waals surface area contributed by atoms with E-state index < -0.39 is 0 Å². The lowest BCUT2D eigenvalue weighted by atomic mass is 9.82. The van der Waals surface area contributed by atoms with Crippen molar-refractivity contribution in [2.24, 2.45) is 0 Å². The summed E-state index contributed by atoms with van der Waals surface area (Å²) in [6, 6.07) is 78.4. The summed E-state index contributed by atoms with van der Waals surface area (Å²) in [5, 5.41) is 23.0. The molecule has 83 heavy (non-hydrogen) atoms. The Bertz CT molecular complexity index is 4650. The van der Waals surface area contributed by atoms with Gasteiger partial charge in [0, 0.05) is 44.0 Å². The molecule has 0 aliphatic heterocycles. The van der Waals surface area contributed by atoms with E-state index in [0.29, 0.717) is 11.8 Å². The largest absolute Gasteiger partial charge is 0.505 e. The van der Waals surface area contributed by atoms with Crippen molar-refractivity contribution in [3.05, 3.63) is 246 Å². The molecule has 406 valence electrons. The molecule has 2 aliphatic carbocycles. The molecule has 15 rings (SSSR count). The number of para-hydroxylation sites is 3. The third-order valence-electron chi connectivity index (χ3n) is 18.8. The molecule has 2 fully saturated rings. The Morgan fingerprint density at radius 1 is 0.398 bits per heavy atom. The van der Waals surface area contributed by atoms with E-state index in [9.17, 15) is 5.11 Å². The molecule has 2 aliphatic rings. The molecule has 0 radical (unpaired) electrons. The van der Waals surface area contributed by atoms with Crippen molar-refractivity contribution < 1.29 is 9.52 Å². The van der Waals surface area contributed by atoms with E-state index in [1.54, 1.807) is 0 Å². The normalized spacial score (nSPS) is 14.1. The van der Waals surface area contributed by atoms with Crippen LogP contribution in [-0.4, -0.2) is 5.11 Å². The van der Waals surface area contributed by atoms with E-state index in [0.717, 1.165) is 116 Å². The van der Waals surface area contributed by atoms with Crippen molar-refractivity contribution in [2.75, 3.05) is 9.80 Å². The highest BCUT2D eigenvalue weighted by molar-refractivity contribution is 6.30. The van der Waals surface area contributed by atoms with E-state index in [-0.39, 0.29) is 5.75 Å². The van der Waals surface area contributed by atoms with Crippen molar-refractivity contribution in [1.82, 2.24) is 0 Å². The van der Waals surface area contributed by atoms with Crippen molar-refractivity contribution in [3.63, 3.8) is 0 Å². The van der Waals surface area contributed by atoms with Crippen molar-refractivity contribution in [1.29, 1.82) is 0 Å². The van der Waals surface area contributed by atoms with Gasteiger partial charge in [0.2, 0.25) is 0 Å². The molecule has 4 nitrogen and oxygen atoms in total. The van der Waals surface area contributed by atoms with Gasteiger partial charge < -0.3 is 19.3 Å². The van der Waals surface area contributed by atoms with E-state index >= 15 is 0 Å². The van der Waals surface area contributed by atoms with Crippen molar-refractivity contribution in [3.8, 4) is 39.1 Å². The van der Waals surface area contributed by atoms with Crippen LogP contribution in [0.2, 0.25) is 0 Å². The zero-order chi connectivity index (χ0) is 55.9. The number of fused-ring (bicyclic) bond motifs is 3. The van der Waals surface area contributed by atoms with Crippen LogP contribution in [0.4, 0.5) is 34.1 Å². The number of aryl methyl sites for hydroxylation is 4. The van der Waals surface area contributed by atoms with Crippen LogP contribution in [0.5, 0.6) is 5.75 Å². The average Bonchev–Trinajstić information content (AvgIpc) is 3.79. The summed E-state index contributed by atoms with van der Waals surface area (Å²) < 4.78 is 7.39. The van der Waals surface area contributed by atoms with Gasteiger partial charge >= 0.3 is 0 Å². The molecule has 12 aromatic carbocycles. The second kappa shape index (κ2) is 20.7. The number of rotatable bonds is 12. The highest BCUT2D eigenvalue weighted by atomic mass is 16.3. The van der Waals surface area contributed by atoms with E-state index in [1.807, 2.05) is 0 Å². The van der Waals surface area contributed by atoms with E-state index in [4.69, 9.17) is 4.42 Å². The fraction of sp³-hybridized carbons (Fsp3) is 0.190. The molecule has 0 saturated heterocycles. The van der Waals surface area contributed by atoms with Gasteiger partial charge in [0.05, 0.1) is 22.7 Å². The van der Waals surface area contributed by atoms with Crippen LogP contribution in [0.1, 0.15) is 104 Å². The van der Waals surface area contributed by atoms with Gasteiger partial charge in [-0.25, -0.2) is 0 Å². The Morgan fingerprint density at radius 2 is 0.880 bits per heavy atom. The van der Waals surface area contributed by atoms with Crippen LogP contribution in [0, 0.1) is 20.8 Å². The Balaban J connectivity index is 1.01. The second-order valence-electron chi connectivity index (χ2n) is 23.9. The van der Waals surface area contributed by atoms with Crippen molar-refractivity contribution >= 4 is 88.4 Å². The van der Waals surface area contributed by atoms with Crippen LogP contribution in [0.25, 0.3) is 87.6 Å². The number of hydrogen-bond donors (Lipinski definition) is 1. The number of furan rings is 1. The fourth-order valence-corrected chi connectivity index (χ4v) is 14.9. The Kier molecular flexibility index (Phi) is 12.7. The first-order valence-electron chi connectivity index (χ1n) is 30.3. The number of benzene rings is 12. The first kappa shape index (κ1) is 50.8. The first-order chi connectivity index (χ1) is 40.8. The fourth-order valence-electron chi connectivity index (χ4n) is 14.9. The van der Waals surface area contributed by atoms with Gasteiger partial charge in [-0.15, -0.1) is 0 Å². The number of aromatic hydroxyl groups is 1. The van der Waals surface area contributed by atoms with Gasteiger partial charge in [-0.3, -0.25) is 0 Å². The molecule has 0 amide bonds. The van der Waals surface area contributed by atoms with Crippen LogP contribution >= 0.6 is 0 Å². The molecule has 2 saturated carbocycles. The number of nitrogens with zero attached hydrogens (tertiary/aromatic N) is 2. The predicted molar refractivity (Wildman–Crippen MR) is 351 cm³/mol. The van der Waals surface area contributed by atoms with Gasteiger partial charge in [-0.1, -0.05) is 190 Å². The minimum absolute atomic E-state index is 0.255.